The molecule has 0 rings (SSSR count). The summed E-state index contributed by atoms with van der Waals surface area (Å²) in [6, 6.07) is 0. The van der Waals surface area contributed by atoms with Gasteiger partial charge in [-0.3, -0.25) is 9.80 Å². The lowest BCUT2D eigenvalue weighted by molar-refractivity contribution is -0.119. The average Bonchev–Trinajstić information content (AvgIpc) is 2.40. The third-order valence-corrected chi connectivity index (χ3v) is 2.94. The van der Waals surface area contributed by atoms with Crippen molar-refractivity contribution in [2.24, 2.45) is 11.0 Å². The van der Waals surface area contributed by atoms with Crippen LogP contribution in [0.15, 0.2) is 29.5 Å². The number of ketones is 1. The lowest BCUT2D eigenvalue weighted by Gasteiger charge is -2.13. The summed E-state index contributed by atoms with van der Waals surface area (Å²) in [5.74, 6) is 0.569. The first-order valence-electron chi connectivity index (χ1n) is 7.14. The third kappa shape index (κ3) is 9.23. The van der Waals surface area contributed by atoms with E-state index < -0.39 is 0 Å². The van der Waals surface area contributed by atoms with Gasteiger partial charge < -0.3 is 0 Å². The Kier molecular flexibility index (Phi) is 9.77. The van der Waals surface area contributed by atoms with Crippen LogP contribution in [-0.2, 0) is 4.79 Å². The van der Waals surface area contributed by atoms with Gasteiger partial charge in [-0.2, -0.15) is 5.10 Å². The van der Waals surface area contributed by atoms with Crippen LogP contribution in [0.2, 0.25) is 0 Å². The molecule has 0 aromatic heterocycles. The number of rotatable bonds is 10. The number of Topliss-reactive ketones (excluding diaryl/α,β-unsaturated/α-hetero) is 1. The van der Waals surface area contributed by atoms with Gasteiger partial charge >= 0.3 is 0 Å². The van der Waals surface area contributed by atoms with E-state index in [0.717, 1.165) is 19.3 Å². The van der Waals surface area contributed by atoms with Crippen molar-refractivity contribution in [3.05, 3.63) is 24.4 Å². The summed E-state index contributed by atoms with van der Waals surface area (Å²) < 4.78 is 0. The first-order valence-corrected chi connectivity index (χ1v) is 7.14. The molecule has 0 saturated carbocycles. The molecule has 0 bridgehead atoms. The highest BCUT2D eigenvalue weighted by Gasteiger charge is 2.04. The van der Waals surface area contributed by atoms with Gasteiger partial charge in [-0.25, -0.2) is 0 Å². The molecule has 0 amide bonds. The zero-order valence-corrected chi connectivity index (χ0v) is 12.9. The van der Waals surface area contributed by atoms with Gasteiger partial charge in [-0.05, 0) is 32.1 Å². The zero-order chi connectivity index (χ0) is 14.7. The number of nitrogens with zero attached hydrogens (tertiary/aromatic N) is 2. The molecule has 0 aliphatic rings. The van der Waals surface area contributed by atoms with E-state index in [1.54, 1.807) is 11.2 Å². The second-order valence-electron chi connectivity index (χ2n) is 4.95. The van der Waals surface area contributed by atoms with E-state index in [1.165, 1.54) is 5.57 Å². The Labute approximate surface area is 118 Å². The summed E-state index contributed by atoms with van der Waals surface area (Å²) in [6.07, 6.45) is 9.30. The Hall–Kier alpha value is -1.38. The summed E-state index contributed by atoms with van der Waals surface area (Å²) in [7, 11) is 0. The minimum absolute atomic E-state index is 0.203. The van der Waals surface area contributed by atoms with Gasteiger partial charge in [0.15, 0.2) is 5.78 Å². The van der Waals surface area contributed by atoms with Crippen LogP contribution < -0.4 is 0 Å². The van der Waals surface area contributed by atoms with Crippen molar-refractivity contribution >= 4 is 12.0 Å². The van der Waals surface area contributed by atoms with Gasteiger partial charge in [0.05, 0.1) is 6.54 Å². The van der Waals surface area contributed by atoms with Crippen molar-refractivity contribution in [2.75, 3.05) is 6.54 Å². The number of hydrogen-bond acceptors (Lipinski definition) is 3. The highest BCUT2D eigenvalue weighted by Crippen LogP contribution is 2.06. The van der Waals surface area contributed by atoms with Crippen molar-refractivity contribution in [1.82, 2.24) is 5.01 Å². The highest BCUT2D eigenvalue weighted by molar-refractivity contribution is 5.80. The Balaban J connectivity index is 4.25. The second-order valence-corrected chi connectivity index (χ2v) is 4.95. The molecule has 108 valence electrons. The zero-order valence-electron chi connectivity index (χ0n) is 12.9. The van der Waals surface area contributed by atoms with Crippen LogP contribution in [0.1, 0.15) is 53.4 Å². The molecule has 3 nitrogen and oxygen atoms in total. The topological polar surface area (TPSA) is 32.7 Å². The average molecular weight is 264 g/mol. The van der Waals surface area contributed by atoms with E-state index in [9.17, 15) is 4.79 Å². The van der Waals surface area contributed by atoms with Gasteiger partial charge in [-0.15, -0.1) is 0 Å². The minimum Gasteiger partial charge on any atom is -0.298 e. The van der Waals surface area contributed by atoms with E-state index >= 15 is 0 Å². The molecular formula is C16H28N2O. The molecule has 0 aromatic carbocycles. The first kappa shape index (κ1) is 17.6. The van der Waals surface area contributed by atoms with Gasteiger partial charge in [0.2, 0.25) is 0 Å². The summed E-state index contributed by atoms with van der Waals surface area (Å²) in [4.78, 5) is 11.5. The molecule has 0 aromatic rings. The van der Waals surface area contributed by atoms with Crippen LogP contribution in [0, 0.1) is 5.92 Å². The number of allylic oxidation sites excluding steroid dienone is 2. The van der Waals surface area contributed by atoms with Crippen LogP contribution in [0.3, 0.4) is 0 Å². The summed E-state index contributed by atoms with van der Waals surface area (Å²) in [6.45, 7) is 12.4. The van der Waals surface area contributed by atoms with Crippen molar-refractivity contribution in [3.8, 4) is 0 Å². The molecule has 1 atom stereocenters. The smallest absolute Gasteiger partial charge is 0.154 e. The minimum atomic E-state index is 0.203. The molecule has 0 fully saturated rings. The van der Waals surface area contributed by atoms with E-state index in [-0.39, 0.29) is 5.78 Å². The molecule has 0 radical (unpaired) electrons. The summed E-state index contributed by atoms with van der Waals surface area (Å²) in [5.41, 5.74) is 1.40. The van der Waals surface area contributed by atoms with Crippen LogP contribution in [0.4, 0.5) is 0 Å². The SMILES string of the molecule is C=CN(CC(=O)CCC)/N=C\[C@@H](C)C/C=C(/C)CC. The molecule has 0 spiro atoms. The van der Waals surface area contributed by atoms with Gasteiger partial charge in [-0.1, -0.05) is 39.0 Å². The number of hydrazone groups is 1. The van der Waals surface area contributed by atoms with Crippen molar-refractivity contribution in [1.29, 1.82) is 0 Å². The molecule has 19 heavy (non-hydrogen) atoms. The molecule has 0 aliphatic heterocycles. The predicted molar refractivity (Wildman–Crippen MR) is 83.1 cm³/mol. The maximum Gasteiger partial charge on any atom is 0.154 e. The van der Waals surface area contributed by atoms with Gasteiger partial charge in [0.25, 0.3) is 0 Å². The standard InChI is InChI=1S/C16H28N2O/c1-6-9-16(19)13-18(8-3)17-12-15(5)11-10-14(4)7-2/h8,10,12,15H,3,6-7,9,11,13H2,1-2,4-5H3/b14-10-,17-12-/t15-/m0/s1. The van der Waals surface area contributed by atoms with E-state index in [4.69, 9.17) is 0 Å². The van der Waals surface area contributed by atoms with E-state index in [0.29, 0.717) is 18.9 Å². The summed E-state index contributed by atoms with van der Waals surface area (Å²) >= 11 is 0. The monoisotopic (exact) mass is 264 g/mol. The molecule has 0 unspecified atom stereocenters. The highest BCUT2D eigenvalue weighted by atomic mass is 16.1. The molecule has 0 aliphatic carbocycles. The fraction of sp³-hybridized carbons (Fsp3) is 0.625. The maximum atomic E-state index is 11.5. The van der Waals surface area contributed by atoms with Gasteiger partial charge in [0.1, 0.15) is 0 Å². The van der Waals surface area contributed by atoms with E-state index in [2.05, 4.69) is 38.5 Å². The fourth-order valence-corrected chi connectivity index (χ4v) is 1.48. The van der Waals surface area contributed by atoms with Crippen LogP contribution >= 0.6 is 0 Å². The largest absolute Gasteiger partial charge is 0.298 e. The molecule has 0 saturated heterocycles. The van der Waals surface area contributed by atoms with Crippen molar-refractivity contribution < 1.29 is 4.79 Å². The van der Waals surface area contributed by atoms with Gasteiger partial charge in [0, 0.05) is 18.8 Å². The van der Waals surface area contributed by atoms with Crippen molar-refractivity contribution in [2.45, 2.75) is 53.4 Å². The Morgan fingerprint density at radius 1 is 1.42 bits per heavy atom. The normalized spacial score (nSPS) is 13.6. The Morgan fingerprint density at radius 2 is 2.11 bits per heavy atom. The molecule has 0 heterocycles. The Morgan fingerprint density at radius 3 is 2.63 bits per heavy atom. The first-order chi connectivity index (χ1) is 9.03. The van der Waals surface area contributed by atoms with Crippen LogP contribution in [-0.4, -0.2) is 23.6 Å². The molecule has 3 heteroatoms. The number of carbonyl (C=O) groups is 1. The lowest BCUT2D eigenvalue weighted by atomic mass is 10.1. The van der Waals surface area contributed by atoms with Crippen molar-refractivity contribution in [3.63, 3.8) is 0 Å². The second kappa shape index (κ2) is 10.5. The third-order valence-electron chi connectivity index (χ3n) is 2.94. The Bertz CT molecular complexity index is 332. The fourth-order valence-electron chi connectivity index (χ4n) is 1.48. The molecule has 0 N–H and O–H groups in total. The van der Waals surface area contributed by atoms with E-state index in [1.807, 2.05) is 13.1 Å². The van der Waals surface area contributed by atoms with Crippen LogP contribution in [0.5, 0.6) is 0 Å². The van der Waals surface area contributed by atoms with Crippen LogP contribution in [0.25, 0.3) is 0 Å². The number of hydrogen-bond donors (Lipinski definition) is 0. The lowest BCUT2D eigenvalue weighted by Crippen LogP contribution is -2.20. The quantitative estimate of drug-likeness (QED) is 0.337. The predicted octanol–water partition coefficient (Wildman–Crippen LogP) is 4.17. The maximum absolute atomic E-state index is 11.5. The summed E-state index contributed by atoms with van der Waals surface area (Å²) in [5, 5.41) is 5.92. The molecular weight excluding hydrogens is 236 g/mol. The number of carbonyl (C=O) groups excluding carboxylic acids is 1.